The van der Waals surface area contributed by atoms with Crippen molar-refractivity contribution in [3.05, 3.63) is 41.4 Å². The van der Waals surface area contributed by atoms with E-state index in [0.717, 1.165) is 93.1 Å². The third-order valence-corrected chi connectivity index (χ3v) is 7.17. The van der Waals surface area contributed by atoms with Gasteiger partial charge >= 0.3 is 0 Å². The highest BCUT2D eigenvalue weighted by atomic mass is 32.2. The van der Waals surface area contributed by atoms with Gasteiger partial charge in [0.1, 0.15) is 11.6 Å². The van der Waals surface area contributed by atoms with Crippen LogP contribution in [-0.2, 0) is 4.74 Å². The molecule has 0 atom stereocenters. The molecule has 0 aliphatic carbocycles. The molecule has 3 aliphatic rings. The molecule has 0 saturated carbocycles. The number of nitrogens with zero attached hydrogens (tertiary/aromatic N) is 6. The average molecular weight is 454 g/mol. The van der Waals surface area contributed by atoms with Crippen LogP contribution in [0.2, 0.25) is 0 Å². The minimum absolute atomic E-state index is 0.400. The van der Waals surface area contributed by atoms with Crippen LogP contribution in [0.3, 0.4) is 0 Å². The van der Waals surface area contributed by atoms with Crippen molar-refractivity contribution in [2.75, 3.05) is 32.1 Å². The van der Waals surface area contributed by atoms with E-state index in [0.29, 0.717) is 12.0 Å². The van der Waals surface area contributed by atoms with Crippen LogP contribution in [0.5, 0.6) is 0 Å². The third-order valence-electron chi connectivity index (χ3n) is 6.34. The van der Waals surface area contributed by atoms with Gasteiger partial charge in [-0.05, 0) is 51.2 Å². The van der Waals surface area contributed by atoms with Crippen molar-refractivity contribution in [1.29, 1.82) is 0 Å². The Balaban J connectivity index is 1.31. The van der Waals surface area contributed by atoms with Crippen LogP contribution >= 0.6 is 11.8 Å². The van der Waals surface area contributed by atoms with E-state index in [1.165, 1.54) is 0 Å². The summed E-state index contributed by atoms with van der Waals surface area (Å²) in [4.78, 5) is 12.3. The summed E-state index contributed by atoms with van der Waals surface area (Å²) in [5, 5.41) is 14.6. The van der Waals surface area contributed by atoms with Crippen molar-refractivity contribution in [1.82, 2.24) is 24.8 Å². The Morgan fingerprint density at radius 1 is 1.06 bits per heavy atom. The number of pyridine rings is 1. The lowest BCUT2D eigenvalue weighted by molar-refractivity contribution is 0.0803. The number of aliphatic imine (C=N–C) groups is 2. The monoisotopic (exact) mass is 453 g/mol. The number of hydrogen-bond donors (Lipinski definition) is 1. The Kier molecular flexibility index (Phi) is 6.73. The topological polar surface area (TPSA) is 79.4 Å². The van der Waals surface area contributed by atoms with Crippen LogP contribution in [0.15, 0.2) is 45.6 Å². The number of thioether (sulfide) groups is 1. The second-order valence-electron chi connectivity index (χ2n) is 8.66. The van der Waals surface area contributed by atoms with E-state index >= 15 is 0 Å². The van der Waals surface area contributed by atoms with Gasteiger partial charge < -0.3 is 15.0 Å². The maximum atomic E-state index is 5.51. The molecule has 0 aromatic carbocycles. The zero-order valence-corrected chi connectivity index (χ0v) is 19.4. The number of fused-ring (bicyclic) bond motifs is 1. The summed E-state index contributed by atoms with van der Waals surface area (Å²) in [6, 6.07) is 6.46. The maximum absolute atomic E-state index is 5.51. The Hall–Kier alpha value is -2.39. The fraction of sp³-hybridized carbons (Fsp3) is 0.565. The molecule has 9 heteroatoms. The van der Waals surface area contributed by atoms with Crippen molar-refractivity contribution in [3.8, 4) is 0 Å². The van der Waals surface area contributed by atoms with Gasteiger partial charge in [0.15, 0.2) is 5.65 Å². The number of aromatic nitrogens is 3. The van der Waals surface area contributed by atoms with E-state index in [9.17, 15) is 0 Å². The summed E-state index contributed by atoms with van der Waals surface area (Å²) in [6.45, 7) is 5.58. The number of likely N-dealkylation sites (tertiary alicyclic amines) is 1. The first kappa shape index (κ1) is 21.5. The van der Waals surface area contributed by atoms with Gasteiger partial charge in [0.25, 0.3) is 0 Å². The Morgan fingerprint density at radius 2 is 1.91 bits per heavy atom. The van der Waals surface area contributed by atoms with Gasteiger partial charge in [-0.1, -0.05) is 6.07 Å². The Morgan fingerprint density at radius 3 is 2.75 bits per heavy atom. The number of hydrogen-bond acceptors (Lipinski definition) is 8. The lowest BCUT2D eigenvalue weighted by Gasteiger charge is -2.32. The lowest BCUT2D eigenvalue weighted by Crippen LogP contribution is -2.39. The van der Waals surface area contributed by atoms with Crippen molar-refractivity contribution < 1.29 is 4.74 Å². The molecule has 2 fully saturated rings. The molecule has 32 heavy (non-hydrogen) atoms. The summed E-state index contributed by atoms with van der Waals surface area (Å²) in [5.41, 5.74) is 2.06. The fourth-order valence-electron chi connectivity index (χ4n) is 4.46. The van der Waals surface area contributed by atoms with Crippen LogP contribution in [-0.4, -0.2) is 69.3 Å². The fourth-order valence-corrected chi connectivity index (χ4v) is 5.27. The normalized spacial score (nSPS) is 26.8. The highest BCUT2D eigenvalue weighted by Gasteiger charge is 2.27. The first-order chi connectivity index (χ1) is 15.8. The van der Waals surface area contributed by atoms with Gasteiger partial charge in [-0.2, -0.15) is 4.99 Å². The van der Waals surface area contributed by atoms with Crippen molar-refractivity contribution >= 4 is 29.1 Å². The van der Waals surface area contributed by atoms with Crippen molar-refractivity contribution in [2.45, 2.75) is 51.0 Å². The molecular formula is C23H31N7OS. The van der Waals surface area contributed by atoms with E-state index in [1.54, 1.807) is 0 Å². The van der Waals surface area contributed by atoms with Crippen LogP contribution < -0.4 is 5.32 Å². The van der Waals surface area contributed by atoms with Gasteiger partial charge in [-0.25, -0.2) is 4.99 Å². The average Bonchev–Trinajstić information content (AvgIpc) is 3.28. The van der Waals surface area contributed by atoms with Gasteiger partial charge in [0.2, 0.25) is 5.96 Å². The second-order valence-corrected chi connectivity index (χ2v) is 9.64. The van der Waals surface area contributed by atoms with Gasteiger partial charge in [-0.3, -0.25) is 4.40 Å². The molecule has 2 saturated heterocycles. The van der Waals surface area contributed by atoms with Crippen molar-refractivity contribution in [3.63, 3.8) is 0 Å². The molecule has 2 aromatic rings. The van der Waals surface area contributed by atoms with Crippen molar-refractivity contribution in [2.24, 2.45) is 9.98 Å². The zero-order valence-electron chi connectivity index (χ0n) is 18.6. The predicted octanol–water partition coefficient (Wildman–Crippen LogP) is 3.43. The summed E-state index contributed by atoms with van der Waals surface area (Å²) in [7, 11) is 0. The first-order valence-corrected chi connectivity index (χ1v) is 12.6. The van der Waals surface area contributed by atoms with Crippen LogP contribution in [0.25, 0.3) is 5.65 Å². The highest BCUT2D eigenvalue weighted by molar-refractivity contribution is 8.02. The molecule has 0 unspecified atom stereocenters. The highest BCUT2D eigenvalue weighted by Crippen LogP contribution is 2.28. The molecular weight excluding hydrogens is 422 g/mol. The summed E-state index contributed by atoms with van der Waals surface area (Å²) < 4.78 is 7.63. The Bertz CT molecular complexity index is 1020. The van der Waals surface area contributed by atoms with Gasteiger partial charge in [-0.15, -0.1) is 22.0 Å². The van der Waals surface area contributed by atoms with E-state index in [-0.39, 0.29) is 0 Å². The van der Waals surface area contributed by atoms with Gasteiger partial charge in [0, 0.05) is 61.3 Å². The number of nitrogens with one attached hydrogen (secondary N) is 1. The summed E-state index contributed by atoms with van der Waals surface area (Å²) in [6.07, 6.45) is 7.12. The number of guanidine groups is 1. The van der Waals surface area contributed by atoms with Crippen LogP contribution in [0.4, 0.5) is 0 Å². The van der Waals surface area contributed by atoms with E-state index in [1.807, 2.05) is 30.0 Å². The molecule has 8 nitrogen and oxygen atoms in total. The molecule has 5 heterocycles. The molecule has 0 amide bonds. The van der Waals surface area contributed by atoms with E-state index in [4.69, 9.17) is 14.7 Å². The standard InChI is InChI=1S/C23H31N7OS/c1-17-9-15-32-16-20(25-19-7-13-31-14-8-19)26-23(24-17)29-11-5-18(6-12-29)22-28-27-21-4-2-3-10-30(21)22/h2-4,10,16,18-19,25H,5-9,11-15H2,1H3/b20-16+,24-17+,26-23+. The molecule has 170 valence electrons. The zero-order chi connectivity index (χ0) is 21.8. The van der Waals surface area contributed by atoms with E-state index < -0.39 is 0 Å². The molecule has 0 spiro atoms. The number of ether oxygens (including phenoxy) is 1. The summed E-state index contributed by atoms with van der Waals surface area (Å²) >= 11 is 1.81. The largest absolute Gasteiger partial charge is 0.381 e. The molecule has 0 bridgehead atoms. The first-order valence-electron chi connectivity index (χ1n) is 11.6. The molecule has 0 radical (unpaired) electrons. The molecule has 3 aliphatic heterocycles. The molecule has 2 aromatic heterocycles. The SMILES string of the molecule is C\C1=N/C(N2CCC(c3nnc4ccccn34)CC2)=N\C(NC2CCOCC2)=C\SCC1. The van der Waals surface area contributed by atoms with Crippen LogP contribution in [0, 0.1) is 0 Å². The minimum atomic E-state index is 0.400. The lowest BCUT2D eigenvalue weighted by atomic mass is 9.96. The quantitative estimate of drug-likeness (QED) is 0.767. The number of rotatable bonds is 3. The molecule has 5 rings (SSSR count). The third kappa shape index (κ3) is 4.99. The number of piperidine rings is 1. The maximum Gasteiger partial charge on any atom is 0.227 e. The second kappa shape index (κ2) is 10.0. The minimum Gasteiger partial charge on any atom is -0.381 e. The van der Waals surface area contributed by atoms with Crippen LogP contribution in [0.1, 0.15) is 50.8 Å². The summed E-state index contributed by atoms with van der Waals surface area (Å²) in [5.74, 6) is 4.26. The Labute approximate surface area is 193 Å². The predicted molar refractivity (Wildman–Crippen MR) is 129 cm³/mol. The van der Waals surface area contributed by atoms with Gasteiger partial charge in [0.05, 0.1) is 0 Å². The smallest absolute Gasteiger partial charge is 0.227 e. The van der Waals surface area contributed by atoms with E-state index in [2.05, 4.69) is 43.3 Å². The molecule has 1 N–H and O–H groups in total.